The molecular weight excluding hydrogens is 1030 g/mol. The number of aliphatic hydroxyl groups excluding tert-OH is 2. The summed E-state index contributed by atoms with van der Waals surface area (Å²) in [5.41, 5.74) is 0. The van der Waals surface area contributed by atoms with E-state index in [4.69, 9.17) is 4.74 Å². The van der Waals surface area contributed by atoms with Gasteiger partial charge in [-0.15, -0.1) is 0 Å². The zero-order valence-corrected chi connectivity index (χ0v) is 57.2. The summed E-state index contributed by atoms with van der Waals surface area (Å²) in [5.74, 6) is -0.0172. The van der Waals surface area contributed by atoms with Crippen molar-refractivity contribution in [2.24, 2.45) is 0 Å². The summed E-state index contributed by atoms with van der Waals surface area (Å²) < 4.78 is 5.50. The first-order chi connectivity index (χ1) is 41.5. The molecule has 2 atom stereocenters. The summed E-state index contributed by atoms with van der Waals surface area (Å²) in [6, 6.07) is -0.538. The van der Waals surface area contributed by atoms with E-state index in [0.29, 0.717) is 25.9 Å². The van der Waals surface area contributed by atoms with Crippen molar-refractivity contribution in [1.29, 1.82) is 0 Å². The number of nitrogens with one attached hydrogen (secondary N) is 1. The molecule has 0 spiro atoms. The first kappa shape index (κ1) is 82.3. The monoisotopic (exact) mass is 1180 g/mol. The standard InChI is InChI=1S/C78H151NO5/c1-3-5-7-9-11-13-15-17-19-21-36-39-42-46-50-54-58-62-66-70-76(81)75(74-80)79-77(82)71-67-63-59-55-51-47-43-40-37-34-32-30-28-26-24-22-23-25-27-29-31-33-35-38-41-45-49-53-57-61-65-69-73-84-78(83)72-68-64-60-56-52-48-44-20-18-16-14-12-10-8-6-4-2/h14,16,20,44,75-76,80-81H,3-13,15,17-19,21-43,45-74H2,1-2H3,(H,79,82)/b16-14-,44-20-. The van der Waals surface area contributed by atoms with E-state index in [2.05, 4.69) is 43.5 Å². The van der Waals surface area contributed by atoms with Gasteiger partial charge in [-0.25, -0.2) is 0 Å². The molecule has 0 heterocycles. The minimum absolute atomic E-state index is 0.00859. The van der Waals surface area contributed by atoms with Gasteiger partial charge in [-0.2, -0.15) is 0 Å². The number of ether oxygens (including phenoxy) is 1. The summed E-state index contributed by atoms with van der Waals surface area (Å²) in [6.07, 6.45) is 94.0. The van der Waals surface area contributed by atoms with E-state index in [1.807, 2.05) is 0 Å². The van der Waals surface area contributed by atoms with Crippen molar-refractivity contribution in [2.75, 3.05) is 13.2 Å². The Bertz CT molecular complexity index is 1320. The molecule has 498 valence electrons. The van der Waals surface area contributed by atoms with Gasteiger partial charge in [0.2, 0.25) is 5.91 Å². The Kier molecular flexibility index (Phi) is 72.3. The fourth-order valence-corrected chi connectivity index (χ4v) is 12.4. The molecule has 3 N–H and O–H groups in total. The molecule has 0 radical (unpaired) electrons. The number of carbonyl (C=O) groups excluding carboxylic acids is 2. The Balaban J connectivity index is 3.32. The molecular formula is C78H151NO5. The lowest BCUT2D eigenvalue weighted by Gasteiger charge is -2.22. The normalized spacial score (nSPS) is 12.6. The number of amides is 1. The number of hydrogen-bond donors (Lipinski definition) is 3. The number of allylic oxidation sites excluding steroid dienone is 4. The zero-order valence-electron chi connectivity index (χ0n) is 57.2. The zero-order chi connectivity index (χ0) is 60.6. The molecule has 2 unspecified atom stereocenters. The van der Waals surface area contributed by atoms with Gasteiger partial charge in [0, 0.05) is 12.8 Å². The van der Waals surface area contributed by atoms with E-state index < -0.39 is 12.1 Å². The summed E-state index contributed by atoms with van der Waals surface area (Å²) in [5, 5.41) is 23.4. The van der Waals surface area contributed by atoms with Crippen LogP contribution in [0.2, 0.25) is 0 Å². The molecule has 0 rings (SSSR count). The Hall–Kier alpha value is -1.66. The molecule has 0 bridgehead atoms. The van der Waals surface area contributed by atoms with Crippen molar-refractivity contribution < 1.29 is 24.5 Å². The first-order valence-corrected chi connectivity index (χ1v) is 38.6. The van der Waals surface area contributed by atoms with Gasteiger partial charge in [0.25, 0.3) is 0 Å². The quantitative estimate of drug-likeness (QED) is 0.0320. The molecule has 0 saturated carbocycles. The van der Waals surface area contributed by atoms with Gasteiger partial charge in [0.05, 0.1) is 25.4 Å². The van der Waals surface area contributed by atoms with E-state index >= 15 is 0 Å². The third kappa shape index (κ3) is 69.4. The van der Waals surface area contributed by atoms with Crippen molar-refractivity contribution >= 4 is 11.9 Å². The van der Waals surface area contributed by atoms with Crippen molar-refractivity contribution in [2.45, 2.75) is 450 Å². The maximum atomic E-state index is 12.6. The highest BCUT2D eigenvalue weighted by Crippen LogP contribution is 2.20. The fraction of sp³-hybridized carbons (Fsp3) is 0.923. The van der Waals surface area contributed by atoms with Crippen LogP contribution in [0, 0.1) is 0 Å². The maximum Gasteiger partial charge on any atom is 0.305 e. The van der Waals surface area contributed by atoms with Gasteiger partial charge in [-0.3, -0.25) is 9.59 Å². The van der Waals surface area contributed by atoms with Crippen molar-refractivity contribution in [3.8, 4) is 0 Å². The minimum Gasteiger partial charge on any atom is -0.466 e. The van der Waals surface area contributed by atoms with Crippen LogP contribution in [-0.2, 0) is 14.3 Å². The maximum absolute atomic E-state index is 12.6. The second-order valence-electron chi connectivity index (χ2n) is 26.7. The Morgan fingerprint density at radius 2 is 0.595 bits per heavy atom. The third-order valence-electron chi connectivity index (χ3n) is 18.3. The molecule has 0 aromatic carbocycles. The molecule has 0 aromatic rings. The topological polar surface area (TPSA) is 95.9 Å². The van der Waals surface area contributed by atoms with Crippen LogP contribution >= 0.6 is 0 Å². The van der Waals surface area contributed by atoms with E-state index in [0.717, 1.165) is 51.4 Å². The van der Waals surface area contributed by atoms with Crippen LogP contribution in [0.15, 0.2) is 24.3 Å². The smallest absolute Gasteiger partial charge is 0.305 e. The van der Waals surface area contributed by atoms with Crippen LogP contribution in [0.25, 0.3) is 0 Å². The first-order valence-electron chi connectivity index (χ1n) is 38.6. The average molecular weight is 1180 g/mol. The molecule has 0 aliphatic carbocycles. The van der Waals surface area contributed by atoms with E-state index in [-0.39, 0.29) is 18.5 Å². The third-order valence-corrected chi connectivity index (χ3v) is 18.3. The molecule has 0 aliphatic heterocycles. The van der Waals surface area contributed by atoms with Gasteiger partial charge in [0.15, 0.2) is 0 Å². The Morgan fingerprint density at radius 3 is 0.917 bits per heavy atom. The van der Waals surface area contributed by atoms with Crippen LogP contribution in [-0.4, -0.2) is 47.4 Å². The minimum atomic E-state index is -0.662. The number of rotatable bonds is 73. The highest BCUT2D eigenvalue weighted by molar-refractivity contribution is 5.76. The molecule has 1 amide bonds. The second-order valence-corrected chi connectivity index (χ2v) is 26.7. The van der Waals surface area contributed by atoms with Gasteiger partial charge in [-0.1, -0.05) is 391 Å². The van der Waals surface area contributed by atoms with Crippen molar-refractivity contribution in [3.63, 3.8) is 0 Å². The predicted octanol–water partition coefficient (Wildman–Crippen LogP) is 25.3. The van der Waals surface area contributed by atoms with Crippen molar-refractivity contribution in [1.82, 2.24) is 5.32 Å². The highest BCUT2D eigenvalue weighted by Gasteiger charge is 2.20. The number of unbranched alkanes of at least 4 members (excludes halogenated alkanes) is 58. The van der Waals surface area contributed by atoms with E-state index in [1.54, 1.807) is 0 Å². The predicted molar refractivity (Wildman–Crippen MR) is 370 cm³/mol. The number of esters is 1. The van der Waals surface area contributed by atoms with Crippen LogP contribution in [0.3, 0.4) is 0 Å². The largest absolute Gasteiger partial charge is 0.466 e. The molecule has 0 aromatic heterocycles. The average Bonchev–Trinajstić information content (AvgIpc) is 3.53. The lowest BCUT2D eigenvalue weighted by molar-refractivity contribution is -0.143. The lowest BCUT2D eigenvalue weighted by Crippen LogP contribution is -2.45. The summed E-state index contributed by atoms with van der Waals surface area (Å²) >= 11 is 0. The van der Waals surface area contributed by atoms with Gasteiger partial charge in [-0.05, 0) is 57.8 Å². The van der Waals surface area contributed by atoms with Crippen LogP contribution in [0.4, 0.5) is 0 Å². The number of aliphatic hydroxyl groups is 2. The van der Waals surface area contributed by atoms with E-state index in [1.165, 1.54) is 353 Å². The van der Waals surface area contributed by atoms with Crippen molar-refractivity contribution in [3.05, 3.63) is 24.3 Å². The lowest BCUT2D eigenvalue weighted by atomic mass is 10.0. The fourth-order valence-electron chi connectivity index (χ4n) is 12.4. The van der Waals surface area contributed by atoms with Crippen LogP contribution in [0.5, 0.6) is 0 Å². The summed E-state index contributed by atoms with van der Waals surface area (Å²) in [4.78, 5) is 24.6. The SMILES string of the molecule is CCCCCC/C=C\C/C=C\CCCCCCCC(=O)OCCCCCCCCCCCCCCCCCCCCCCCCCCCCCCCCCCC(=O)NC(CO)C(O)CCCCCCCCCCCCCCCCCCCCC. The molecule has 0 fully saturated rings. The number of hydrogen-bond acceptors (Lipinski definition) is 5. The van der Waals surface area contributed by atoms with Crippen LogP contribution < -0.4 is 5.32 Å². The molecule has 6 heteroatoms. The van der Waals surface area contributed by atoms with Gasteiger partial charge in [0.1, 0.15) is 0 Å². The number of carbonyl (C=O) groups is 2. The summed E-state index contributed by atoms with van der Waals surface area (Å²) in [6.45, 7) is 4.98. The van der Waals surface area contributed by atoms with Gasteiger partial charge < -0.3 is 20.3 Å². The second kappa shape index (κ2) is 73.8. The Morgan fingerprint density at radius 1 is 0.333 bits per heavy atom. The Labute approximate surface area is 526 Å². The highest BCUT2D eigenvalue weighted by atomic mass is 16.5. The molecule has 0 aliphatic rings. The molecule has 0 saturated heterocycles. The van der Waals surface area contributed by atoms with Gasteiger partial charge >= 0.3 is 5.97 Å². The van der Waals surface area contributed by atoms with E-state index in [9.17, 15) is 19.8 Å². The summed E-state index contributed by atoms with van der Waals surface area (Å²) in [7, 11) is 0. The van der Waals surface area contributed by atoms with Crippen LogP contribution in [0.1, 0.15) is 438 Å². The molecule has 84 heavy (non-hydrogen) atoms. The molecule has 6 nitrogen and oxygen atoms in total.